The third kappa shape index (κ3) is 4.03. The fraction of sp³-hybridized carbons (Fsp3) is 0.261. The lowest BCUT2D eigenvalue weighted by Crippen LogP contribution is -2.26. The van der Waals surface area contributed by atoms with Gasteiger partial charge in [0.15, 0.2) is 11.5 Å². The molecule has 0 amide bonds. The molecular formula is C23H23BrN4O2. The molecule has 0 spiro atoms. The fourth-order valence-corrected chi connectivity index (χ4v) is 4.03. The molecule has 0 radical (unpaired) electrons. The van der Waals surface area contributed by atoms with Crippen molar-refractivity contribution in [3.63, 3.8) is 0 Å². The number of anilines is 2. The molecule has 7 heteroatoms. The molecule has 0 N–H and O–H groups in total. The monoisotopic (exact) mass is 466 g/mol. The van der Waals surface area contributed by atoms with Crippen LogP contribution in [0.4, 0.5) is 11.6 Å². The second kappa shape index (κ2) is 8.44. The van der Waals surface area contributed by atoms with Crippen molar-refractivity contribution >= 4 is 33.1 Å². The van der Waals surface area contributed by atoms with Gasteiger partial charge in [-0.05, 0) is 71.9 Å². The normalized spacial score (nSPS) is 13.0. The summed E-state index contributed by atoms with van der Waals surface area (Å²) in [4.78, 5) is 15.7. The fourth-order valence-electron chi connectivity index (χ4n) is 3.51. The van der Waals surface area contributed by atoms with Crippen LogP contribution in [-0.4, -0.2) is 28.6 Å². The molecule has 0 atom stereocenters. The van der Waals surface area contributed by atoms with Crippen LogP contribution in [-0.2, 0) is 6.42 Å². The van der Waals surface area contributed by atoms with Gasteiger partial charge in [-0.2, -0.15) is 15.0 Å². The number of nitrogens with zero attached hydrogens (tertiary/aromatic N) is 4. The smallest absolute Gasteiger partial charge is 0.327 e. The number of methoxy groups -OCH3 is 1. The van der Waals surface area contributed by atoms with Crippen LogP contribution < -0.4 is 14.4 Å². The van der Waals surface area contributed by atoms with Crippen LogP contribution >= 0.6 is 15.9 Å². The quantitative estimate of drug-likeness (QED) is 0.469. The number of aryl methyl sites for hydroxylation is 2. The Bertz CT molecular complexity index is 1120. The van der Waals surface area contributed by atoms with Gasteiger partial charge in [0.05, 0.1) is 11.6 Å². The highest BCUT2D eigenvalue weighted by Crippen LogP contribution is 2.40. The van der Waals surface area contributed by atoms with Gasteiger partial charge in [-0.1, -0.05) is 30.4 Å². The highest BCUT2D eigenvalue weighted by atomic mass is 79.9. The minimum absolute atomic E-state index is 0.225. The highest BCUT2D eigenvalue weighted by Gasteiger charge is 2.22. The number of hydrogen-bond donors (Lipinski definition) is 0. The van der Waals surface area contributed by atoms with E-state index in [4.69, 9.17) is 9.47 Å². The number of ether oxygens (including phenoxy) is 2. The maximum Gasteiger partial charge on any atom is 0.327 e. The Morgan fingerprint density at radius 1 is 1.17 bits per heavy atom. The van der Waals surface area contributed by atoms with E-state index in [1.54, 1.807) is 7.11 Å². The summed E-state index contributed by atoms with van der Waals surface area (Å²) < 4.78 is 12.3. The summed E-state index contributed by atoms with van der Waals surface area (Å²) in [6, 6.07) is 12.4. The van der Waals surface area contributed by atoms with E-state index in [0.29, 0.717) is 23.3 Å². The number of hydrogen-bond acceptors (Lipinski definition) is 6. The van der Waals surface area contributed by atoms with Crippen molar-refractivity contribution in [1.29, 1.82) is 0 Å². The minimum Gasteiger partial charge on any atom is -0.493 e. The van der Waals surface area contributed by atoms with Gasteiger partial charge in [-0.15, -0.1) is 0 Å². The Labute approximate surface area is 184 Å². The molecule has 1 aliphatic heterocycles. The van der Waals surface area contributed by atoms with Crippen LogP contribution in [0.15, 0.2) is 47.4 Å². The van der Waals surface area contributed by atoms with E-state index < -0.39 is 0 Å². The first kappa shape index (κ1) is 20.3. The maximum absolute atomic E-state index is 6.08. The first-order valence-corrected chi connectivity index (χ1v) is 10.5. The second-order valence-electron chi connectivity index (χ2n) is 7.22. The van der Waals surface area contributed by atoms with Crippen LogP contribution in [0.1, 0.15) is 30.3 Å². The van der Waals surface area contributed by atoms with E-state index in [0.717, 1.165) is 40.7 Å². The predicted molar refractivity (Wildman–Crippen MR) is 122 cm³/mol. The average Bonchev–Trinajstić information content (AvgIpc) is 2.74. The summed E-state index contributed by atoms with van der Waals surface area (Å²) in [5.74, 6) is 2.26. The summed E-state index contributed by atoms with van der Waals surface area (Å²) in [6.07, 6.45) is 2.10. The molecule has 1 aromatic heterocycles. The Balaban J connectivity index is 1.72. The van der Waals surface area contributed by atoms with Crippen molar-refractivity contribution in [1.82, 2.24) is 15.0 Å². The Hall–Kier alpha value is -2.93. The number of benzene rings is 2. The third-order valence-electron chi connectivity index (χ3n) is 4.98. The van der Waals surface area contributed by atoms with Gasteiger partial charge in [0, 0.05) is 12.2 Å². The van der Waals surface area contributed by atoms with Crippen molar-refractivity contribution in [2.75, 3.05) is 18.6 Å². The maximum atomic E-state index is 6.08. The molecule has 0 fully saturated rings. The van der Waals surface area contributed by atoms with E-state index in [1.807, 2.05) is 32.0 Å². The van der Waals surface area contributed by atoms with Gasteiger partial charge >= 0.3 is 6.01 Å². The van der Waals surface area contributed by atoms with Gasteiger partial charge < -0.3 is 14.4 Å². The van der Waals surface area contributed by atoms with Gasteiger partial charge in [-0.25, -0.2) is 0 Å². The molecule has 4 rings (SSSR count). The molecule has 1 aliphatic rings. The lowest BCUT2D eigenvalue weighted by molar-refractivity contribution is 0.365. The van der Waals surface area contributed by atoms with Crippen molar-refractivity contribution in [3.05, 3.63) is 64.4 Å². The van der Waals surface area contributed by atoms with Crippen LogP contribution in [0.2, 0.25) is 0 Å². The minimum atomic E-state index is 0.225. The molecule has 3 aromatic rings. The zero-order valence-electron chi connectivity index (χ0n) is 17.3. The number of halogens is 1. The Morgan fingerprint density at radius 3 is 2.73 bits per heavy atom. The van der Waals surface area contributed by atoms with Crippen LogP contribution in [0, 0.1) is 6.92 Å². The summed E-state index contributed by atoms with van der Waals surface area (Å²) in [7, 11) is 1.60. The highest BCUT2D eigenvalue weighted by molar-refractivity contribution is 9.10. The van der Waals surface area contributed by atoms with Gasteiger partial charge in [0.2, 0.25) is 5.95 Å². The van der Waals surface area contributed by atoms with Gasteiger partial charge in [-0.3, -0.25) is 0 Å². The number of para-hydroxylation sites is 1. The third-order valence-corrected chi connectivity index (χ3v) is 5.57. The topological polar surface area (TPSA) is 60.4 Å². The Kier molecular flexibility index (Phi) is 5.72. The van der Waals surface area contributed by atoms with E-state index in [9.17, 15) is 0 Å². The first-order chi connectivity index (χ1) is 14.5. The summed E-state index contributed by atoms with van der Waals surface area (Å²) in [5, 5.41) is 0. The van der Waals surface area contributed by atoms with Gasteiger partial charge in [0.1, 0.15) is 5.82 Å². The standard InChI is InChI=1S/C23H23BrN4O2/c1-14(2)17-12-18(24)21(20(13-17)29-4)30-23-26-15(3)25-22(27-23)28-11-7-9-16-8-5-6-10-19(16)28/h5-6,8,10,12-13H,1,7,9,11H2,2-4H3. The molecule has 6 nitrogen and oxygen atoms in total. The van der Waals surface area contributed by atoms with Crippen molar-refractivity contribution in [2.45, 2.75) is 26.7 Å². The molecule has 30 heavy (non-hydrogen) atoms. The van der Waals surface area contributed by atoms with Gasteiger partial charge in [0.25, 0.3) is 0 Å². The van der Waals surface area contributed by atoms with Crippen molar-refractivity contribution in [3.8, 4) is 17.5 Å². The molecule has 2 aromatic carbocycles. The lowest BCUT2D eigenvalue weighted by Gasteiger charge is -2.29. The predicted octanol–water partition coefficient (Wildman–Crippen LogP) is 5.86. The zero-order valence-corrected chi connectivity index (χ0v) is 18.9. The lowest BCUT2D eigenvalue weighted by atomic mass is 10.0. The number of aromatic nitrogens is 3. The van der Waals surface area contributed by atoms with Crippen LogP contribution in [0.5, 0.6) is 17.5 Å². The van der Waals surface area contributed by atoms with E-state index in [-0.39, 0.29) is 6.01 Å². The molecule has 0 bridgehead atoms. The molecule has 154 valence electrons. The number of fused-ring (bicyclic) bond motifs is 1. The SMILES string of the molecule is C=C(C)c1cc(Br)c(Oc2nc(C)nc(N3CCCc4ccccc43)n2)c(OC)c1. The molecular weight excluding hydrogens is 444 g/mol. The Morgan fingerprint density at radius 2 is 1.97 bits per heavy atom. The average molecular weight is 467 g/mol. The summed E-state index contributed by atoms with van der Waals surface area (Å²) >= 11 is 3.57. The summed E-state index contributed by atoms with van der Waals surface area (Å²) in [5.41, 5.74) is 4.32. The second-order valence-corrected chi connectivity index (χ2v) is 8.08. The van der Waals surface area contributed by atoms with E-state index in [1.165, 1.54) is 5.56 Å². The van der Waals surface area contributed by atoms with Crippen molar-refractivity contribution < 1.29 is 9.47 Å². The molecule has 0 unspecified atom stereocenters. The van der Waals surface area contributed by atoms with Crippen LogP contribution in [0.25, 0.3) is 5.57 Å². The first-order valence-electron chi connectivity index (χ1n) is 9.75. The molecule has 0 saturated carbocycles. The summed E-state index contributed by atoms with van der Waals surface area (Å²) in [6.45, 7) is 8.62. The zero-order chi connectivity index (χ0) is 21.3. The van der Waals surface area contributed by atoms with Crippen LogP contribution in [0.3, 0.4) is 0 Å². The number of allylic oxidation sites excluding steroid dienone is 1. The number of rotatable bonds is 5. The molecule has 0 saturated heterocycles. The molecule has 2 heterocycles. The largest absolute Gasteiger partial charge is 0.493 e. The van der Waals surface area contributed by atoms with E-state index in [2.05, 4.69) is 60.6 Å². The van der Waals surface area contributed by atoms with E-state index >= 15 is 0 Å². The molecule has 0 aliphatic carbocycles. The van der Waals surface area contributed by atoms with Crippen molar-refractivity contribution in [2.24, 2.45) is 0 Å².